The third kappa shape index (κ3) is 3.33. The van der Waals surface area contributed by atoms with E-state index in [4.69, 9.17) is 10.5 Å². The van der Waals surface area contributed by atoms with Gasteiger partial charge in [-0.2, -0.15) is 0 Å². The SMILES string of the molecule is CC1(C)CCC(CS(=O)c2ccc(N)cc2Br)O1. The fraction of sp³-hybridized carbons (Fsp3) is 0.538. The van der Waals surface area contributed by atoms with Crippen LogP contribution in [0.2, 0.25) is 0 Å². The molecule has 0 amide bonds. The van der Waals surface area contributed by atoms with Crippen LogP contribution in [-0.4, -0.2) is 21.7 Å². The second kappa shape index (κ2) is 5.31. The number of nitrogens with two attached hydrogens (primary N) is 1. The first-order valence-electron chi connectivity index (χ1n) is 5.99. The largest absolute Gasteiger partial charge is 0.399 e. The lowest BCUT2D eigenvalue weighted by Crippen LogP contribution is -2.23. The molecule has 1 heterocycles. The van der Waals surface area contributed by atoms with Crippen molar-refractivity contribution in [1.82, 2.24) is 0 Å². The van der Waals surface area contributed by atoms with Gasteiger partial charge in [0.15, 0.2) is 0 Å². The van der Waals surface area contributed by atoms with Gasteiger partial charge in [0.05, 0.1) is 33.2 Å². The van der Waals surface area contributed by atoms with E-state index in [0.717, 1.165) is 22.2 Å². The Morgan fingerprint density at radius 1 is 1.56 bits per heavy atom. The summed E-state index contributed by atoms with van der Waals surface area (Å²) in [7, 11) is -1.05. The van der Waals surface area contributed by atoms with Crippen LogP contribution < -0.4 is 5.73 Å². The molecule has 1 fully saturated rings. The zero-order valence-electron chi connectivity index (χ0n) is 10.6. The van der Waals surface area contributed by atoms with Gasteiger partial charge in [0, 0.05) is 10.2 Å². The Morgan fingerprint density at radius 3 is 2.83 bits per heavy atom. The van der Waals surface area contributed by atoms with Crippen molar-refractivity contribution in [2.24, 2.45) is 0 Å². The van der Waals surface area contributed by atoms with E-state index in [0.29, 0.717) is 11.4 Å². The average Bonchev–Trinajstić information content (AvgIpc) is 2.57. The fourth-order valence-electron chi connectivity index (χ4n) is 2.16. The standard InChI is InChI=1S/C13H18BrNO2S/c1-13(2)6-5-10(17-13)8-18(16)12-4-3-9(15)7-11(12)14/h3-4,7,10H,5-6,8,15H2,1-2H3. The van der Waals surface area contributed by atoms with Crippen molar-refractivity contribution in [2.75, 3.05) is 11.5 Å². The molecule has 2 unspecified atom stereocenters. The molecule has 18 heavy (non-hydrogen) atoms. The third-order valence-corrected chi connectivity index (χ3v) is 5.53. The van der Waals surface area contributed by atoms with E-state index >= 15 is 0 Å². The maximum Gasteiger partial charge on any atom is 0.0702 e. The molecule has 2 rings (SSSR count). The zero-order valence-corrected chi connectivity index (χ0v) is 13.0. The first-order chi connectivity index (χ1) is 8.37. The lowest BCUT2D eigenvalue weighted by atomic mass is 10.1. The van der Waals surface area contributed by atoms with Crippen molar-refractivity contribution in [3.8, 4) is 0 Å². The Kier molecular flexibility index (Phi) is 4.14. The van der Waals surface area contributed by atoms with Crippen molar-refractivity contribution < 1.29 is 8.95 Å². The molecule has 1 aliphatic heterocycles. The van der Waals surface area contributed by atoms with Crippen LogP contribution in [-0.2, 0) is 15.5 Å². The fourth-order valence-corrected chi connectivity index (χ4v) is 4.34. The van der Waals surface area contributed by atoms with Gasteiger partial charge in [-0.25, -0.2) is 0 Å². The number of ether oxygens (including phenoxy) is 1. The Bertz CT molecular complexity index is 476. The Morgan fingerprint density at radius 2 is 2.28 bits per heavy atom. The Balaban J connectivity index is 2.04. The molecular weight excluding hydrogens is 314 g/mol. The number of halogens is 1. The minimum Gasteiger partial charge on any atom is -0.399 e. The summed E-state index contributed by atoms with van der Waals surface area (Å²) < 4.78 is 19.0. The smallest absolute Gasteiger partial charge is 0.0702 e. The first-order valence-corrected chi connectivity index (χ1v) is 8.10. The van der Waals surface area contributed by atoms with Crippen molar-refractivity contribution in [3.05, 3.63) is 22.7 Å². The molecule has 0 radical (unpaired) electrons. The van der Waals surface area contributed by atoms with Crippen LogP contribution in [0.15, 0.2) is 27.6 Å². The summed E-state index contributed by atoms with van der Waals surface area (Å²) in [6, 6.07) is 5.37. The van der Waals surface area contributed by atoms with Crippen LogP contribution in [0.1, 0.15) is 26.7 Å². The van der Waals surface area contributed by atoms with Crippen molar-refractivity contribution >= 4 is 32.4 Å². The Labute approximate surface area is 119 Å². The lowest BCUT2D eigenvalue weighted by Gasteiger charge is -2.19. The monoisotopic (exact) mass is 331 g/mol. The van der Waals surface area contributed by atoms with E-state index in [1.807, 2.05) is 6.07 Å². The third-order valence-electron chi connectivity index (χ3n) is 3.09. The summed E-state index contributed by atoms with van der Waals surface area (Å²) in [4.78, 5) is 0.789. The second-order valence-corrected chi connectivity index (χ2v) is 7.56. The number of anilines is 1. The van der Waals surface area contributed by atoms with E-state index in [1.54, 1.807) is 12.1 Å². The molecule has 3 nitrogen and oxygen atoms in total. The summed E-state index contributed by atoms with van der Waals surface area (Å²) in [6.07, 6.45) is 2.09. The van der Waals surface area contributed by atoms with E-state index in [9.17, 15) is 4.21 Å². The van der Waals surface area contributed by atoms with E-state index in [-0.39, 0.29) is 11.7 Å². The number of benzene rings is 1. The van der Waals surface area contributed by atoms with Crippen LogP contribution in [0.25, 0.3) is 0 Å². The summed E-state index contributed by atoms with van der Waals surface area (Å²) >= 11 is 3.41. The van der Waals surface area contributed by atoms with E-state index in [2.05, 4.69) is 29.8 Å². The van der Waals surface area contributed by atoms with Gasteiger partial charge in [-0.3, -0.25) is 4.21 Å². The van der Waals surface area contributed by atoms with Crippen LogP contribution in [0.5, 0.6) is 0 Å². The van der Waals surface area contributed by atoms with Gasteiger partial charge in [0.25, 0.3) is 0 Å². The second-order valence-electron chi connectivity index (χ2n) is 5.24. The van der Waals surface area contributed by atoms with Crippen molar-refractivity contribution in [1.29, 1.82) is 0 Å². The molecule has 1 aromatic carbocycles. The Hall–Kier alpha value is -0.390. The predicted molar refractivity (Wildman–Crippen MR) is 78.0 cm³/mol. The molecule has 2 N–H and O–H groups in total. The minimum atomic E-state index is -1.05. The van der Waals surface area contributed by atoms with Crippen LogP contribution in [0.4, 0.5) is 5.69 Å². The summed E-state index contributed by atoms with van der Waals surface area (Å²) in [6.45, 7) is 4.16. The molecular formula is C13H18BrNO2S. The van der Waals surface area contributed by atoms with Crippen LogP contribution in [0.3, 0.4) is 0 Å². The van der Waals surface area contributed by atoms with Gasteiger partial charge < -0.3 is 10.5 Å². The summed E-state index contributed by atoms with van der Waals surface area (Å²) in [5.74, 6) is 0.548. The number of rotatable bonds is 3. The molecule has 1 aliphatic rings. The maximum atomic E-state index is 12.3. The maximum absolute atomic E-state index is 12.3. The summed E-state index contributed by atoms with van der Waals surface area (Å²) in [5, 5.41) is 0. The molecule has 1 aromatic rings. The van der Waals surface area contributed by atoms with Gasteiger partial charge in [-0.1, -0.05) is 0 Å². The molecule has 0 saturated carbocycles. The quantitative estimate of drug-likeness (QED) is 0.866. The van der Waals surface area contributed by atoms with Crippen LogP contribution >= 0.6 is 15.9 Å². The molecule has 5 heteroatoms. The predicted octanol–water partition coefficient (Wildman–Crippen LogP) is 3.10. The molecule has 2 atom stereocenters. The highest BCUT2D eigenvalue weighted by Crippen LogP contribution is 2.31. The molecule has 100 valence electrons. The van der Waals surface area contributed by atoms with Crippen molar-refractivity contribution in [2.45, 2.75) is 43.3 Å². The van der Waals surface area contributed by atoms with Crippen LogP contribution in [0, 0.1) is 0 Å². The van der Waals surface area contributed by atoms with Gasteiger partial charge in [-0.15, -0.1) is 0 Å². The van der Waals surface area contributed by atoms with E-state index in [1.165, 1.54) is 0 Å². The van der Waals surface area contributed by atoms with E-state index < -0.39 is 10.8 Å². The highest BCUT2D eigenvalue weighted by molar-refractivity contribution is 9.10. The number of nitrogen functional groups attached to an aromatic ring is 1. The highest BCUT2D eigenvalue weighted by Gasteiger charge is 2.32. The average molecular weight is 332 g/mol. The summed E-state index contributed by atoms with van der Waals surface area (Å²) in [5.41, 5.74) is 6.26. The minimum absolute atomic E-state index is 0.0762. The van der Waals surface area contributed by atoms with Gasteiger partial charge >= 0.3 is 0 Å². The van der Waals surface area contributed by atoms with Crippen molar-refractivity contribution in [3.63, 3.8) is 0 Å². The topological polar surface area (TPSA) is 52.3 Å². The van der Waals surface area contributed by atoms with Gasteiger partial charge in [-0.05, 0) is 60.8 Å². The molecule has 0 spiro atoms. The highest BCUT2D eigenvalue weighted by atomic mass is 79.9. The lowest BCUT2D eigenvalue weighted by molar-refractivity contribution is -0.00498. The normalized spacial score (nSPS) is 24.1. The van der Waals surface area contributed by atoms with Gasteiger partial charge in [0.2, 0.25) is 0 Å². The molecule has 0 bridgehead atoms. The number of hydrogen-bond acceptors (Lipinski definition) is 3. The number of hydrogen-bond donors (Lipinski definition) is 1. The molecule has 0 aromatic heterocycles. The first kappa shape index (κ1) is 14.0. The van der Waals surface area contributed by atoms with Gasteiger partial charge in [0.1, 0.15) is 0 Å². The molecule has 1 saturated heterocycles. The zero-order chi connectivity index (χ0) is 13.3. The molecule has 0 aliphatic carbocycles.